The highest BCUT2D eigenvalue weighted by Crippen LogP contribution is 2.17. The predicted octanol–water partition coefficient (Wildman–Crippen LogP) is 1.46. The Morgan fingerprint density at radius 1 is 1.29 bits per heavy atom. The summed E-state index contributed by atoms with van der Waals surface area (Å²) in [7, 11) is 0. The minimum absolute atomic E-state index is 0.135. The Kier molecular flexibility index (Phi) is 3.20. The van der Waals surface area contributed by atoms with Crippen molar-refractivity contribution in [1.29, 1.82) is 0 Å². The van der Waals surface area contributed by atoms with Crippen molar-refractivity contribution in [2.45, 2.75) is 0 Å². The third-order valence-corrected chi connectivity index (χ3v) is 2.23. The topological polar surface area (TPSA) is 63.1 Å². The zero-order chi connectivity index (χ0) is 12.3. The second kappa shape index (κ2) is 4.80. The molecule has 86 valence electrons. The van der Waals surface area contributed by atoms with Crippen molar-refractivity contribution in [3.05, 3.63) is 48.0 Å². The Morgan fingerprint density at radius 3 is 2.71 bits per heavy atom. The van der Waals surface area contributed by atoms with Crippen LogP contribution in [0.2, 0.25) is 0 Å². The maximum atomic E-state index is 13.4. The molecule has 0 aliphatic heterocycles. The molecule has 5 heteroatoms. The van der Waals surface area contributed by atoms with Crippen molar-refractivity contribution >= 4 is 5.78 Å². The molecule has 0 fully saturated rings. The highest BCUT2D eigenvalue weighted by molar-refractivity contribution is 5.96. The van der Waals surface area contributed by atoms with E-state index in [4.69, 9.17) is 5.11 Å². The second-order valence-corrected chi connectivity index (χ2v) is 3.35. The third kappa shape index (κ3) is 2.34. The van der Waals surface area contributed by atoms with Crippen LogP contribution in [0.15, 0.2) is 36.7 Å². The molecule has 2 rings (SSSR count). The predicted molar refractivity (Wildman–Crippen MR) is 58.8 cm³/mol. The Bertz CT molecular complexity index is 540. The molecule has 0 unspecified atom stereocenters. The lowest BCUT2D eigenvalue weighted by molar-refractivity contribution is 0.0903. The molecule has 0 saturated heterocycles. The first-order chi connectivity index (χ1) is 8.22. The number of hydrogen-bond acceptors (Lipinski definition) is 4. The summed E-state index contributed by atoms with van der Waals surface area (Å²) < 4.78 is 13.4. The summed E-state index contributed by atoms with van der Waals surface area (Å²) in [4.78, 5) is 19.0. The molecule has 2 aromatic heterocycles. The SMILES string of the molecule is O=C(CO)c1ccc(-c2ncccc2F)nc1. The maximum Gasteiger partial charge on any atom is 0.189 e. The lowest BCUT2D eigenvalue weighted by Gasteiger charge is -2.02. The van der Waals surface area contributed by atoms with Gasteiger partial charge in [0.1, 0.15) is 12.3 Å². The Labute approximate surface area is 96.8 Å². The van der Waals surface area contributed by atoms with E-state index in [9.17, 15) is 9.18 Å². The monoisotopic (exact) mass is 232 g/mol. The summed E-state index contributed by atoms with van der Waals surface area (Å²) in [5.41, 5.74) is 0.765. The normalized spacial score (nSPS) is 10.2. The largest absolute Gasteiger partial charge is 0.388 e. The Hall–Kier alpha value is -2.14. The zero-order valence-corrected chi connectivity index (χ0v) is 8.80. The fourth-order valence-electron chi connectivity index (χ4n) is 1.36. The van der Waals surface area contributed by atoms with Gasteiger partial charge >= 0.3 is 0 Å². The van der Waals surface area contributed by atoms with E-state index in [2.05, 4.69) is 9.97 Å². The summed E-state index contributed by atoms with van der Waals surface area (Å²) in [5.74, 6) is -0.897. The fourth-order valence-corrected chi connectivity index (χ4v) is 1.36. The molecular formula is C12H9FN2O2. The van der Waals surface area contributed by atoms with Crippen LogP contribution in [-0.4, -0.2) is 27.5 Å². The van der Waals surface area contributed by atoms with Crippen LogP contribution in [0.1, 0.15) is 10.4 Å². The minimum atomic E-state index is -0.570. The van der Waals surface area contributed by atoms with Crippen molar-refractivity contribution in [3.63, 3.8) is 0 Å². The van der Waals surface area contributed by atoms with Crippen LogP contribution in [0.4, 0.5) is 4.39 Å². The number of halogens is 1. The molecule has 4 nitrogen and oxygen atoms in total. The lowest BCUT2D eigenvalue weighted by Crippen LogP contribution is -2.04. The van der Waals surface area contributed by atoms with Gasteiger partial charge in [-0.1, -0.05) is 0 Å². The highest BCUT2D eigenvalue weighted by atomic mass is 19.1. The number of aliphatic hydroxyl groups is 1. The average Bonchev–Trinajstić information content (AvgIpc) is 2.39. The van der Waals surface area contributed by atoms with Gasteiger partial charge in [-0.3, -0.25) is 14.8 Å². The average molecular weight is 232 g/mol. The molecule has 0 saturated carbocycles. The molecule has 0 aliphatic rings. The molecule has 2 aromatic rings. The van der Waals surface area contributed by atoms with Crippen LogP contribution >= 0.6 is 0 Å². The van der Waals surface area contributed by atoms with Crippen molar-refractivity contribution < 1.29 is 14.3 Å². The number of carbonyl (C=O) groups excluding carboxylic acids is 1. The number of aliphatic hydroxyl groups excluding tert-OH is 1. The van der Waals surface area contributed by atoms with Crippen LogP contribution in [-0.2, 0) is 0 Å². The molecular weight excluding hydrogens is 223 g/mol. The van der Waals surface area contributed by atoms with Crippen molar-refractivity contribution in [1.82, 2.24) is 9.97 Å². The molecule has 0 radical (unpaired) electrons. The van der Waals surface area contributed by atoms with Crippen LogP contribution in [0.5, 0.6) is 0 Å². The standard InChI is InChI=1S/C12H9FN2O2/c13-9-2-1-5-14-12(9)10-4-3-8(6-15-10)11(17)7-16/h1-6,16H,7H2. The number of Topliss-reactive ketones (excluding diaryl/α,β-unsaturated/α-hetero) is 1. The van der Waals surface area contributed by atoms with Crippen molar-refractivity contribution in [2.75, 3.05) is 6.61 Å². The second-order valence-electron chi connectivity index (χ2n) is 3.35. The number of nitrogens with zero attached hydrogens (tertiary/aromatic N) is 2. The first kappa shape index (κ1) is 11.3. The number of rotatable bonds is 3. The van der Waals surface area contributed by atoms with Gasteiger partial charge in [-0.15, -0.1) is 0 Å². The van der Waals surface area contributed by atoms with Crippen molar-refractivity contribution in [2.24, 2.45) is 0 Å². The third-order valence-electron chi connectivity index (χ3n) is 2.23. The number of aromatic nitrogens is 2. The van der Waals surface area contributed by atoms with E-state index in [-0.39, 0.29) is 11.3 Å². The quantitative estimate of drug-likeness (QED) is 0.814. The van der Waals surface area contributed by atoms with E-state index in [0.29, 0.717) is 5.69 Å². The minimum Gasteiger partial charge on any atom is -0.388 e. The molecule has 0 atom stereocenters. The van der Waals surface area contributed by atoms with Gasteiger partial charge in [0.05, 0.1) is 5.69 Å². The van der Waals surface area contributed by atoms with Crippen molar-refractivity contribution in [3.8, 4) is 11.4 Å². The molecule has 0 bridgehead atoms. The Morgan fingerprint density at radius 2 is 2.12 bits per heavy atom. The maximum absolute atomic E-state index is 13.4. The van der Waals surface area contributed by atoms with E-state index < -0.39 is 18.2 Å². The van der Waals surface area contributed by atoms with E-state index in [1.54, 1.807) is 0 Å². The Balaban J connectivity index is 2.36. The molecule has 0 aliphatic carbocycles. The number of carbonyl (C=O) groups is 1. The number of ketones is 1. The molecule has 1 N–H and O–H groups in total. The summed E-state index contributed by atoms with van der Waals surface area (Å²) in [6.07, 6.45) is 2.76. The van der Waals surface area contributed by atoms with Crippen LogP contribution in [0.25, 0.3) is 11.4 Å². The fraction of sp³-hybridized carbons (Fsp3) is 0.0833. The molecule has 17 heavy (non-hydrogen) atoms. The van der Waals surface area contributed by atoms with Gasteiger partial charge in [0, 0.05) is 18.0 Å². The van der Waals surface area contributed by atoms with E-state index >= 15 is 0 Å². The van der Waals surface area contributed by atoms with Gasteiger partial charge < -0.3 is 5.11 Å². The summed E-state index contributed by atoms with van der Waals surface area (Å²) in [5, 5.41) is 8.67. The molecule has 0 amide bonds. The van der Waals surface area contributed by atoms with E-state index in [1.165, 1.54) is 36.7 Å². The van der Waals surface area contributed by atoms with Crippen LogP contribution < -0.4 is 0 Å². The molecule has 0 aromatic carbocycles. The highest BCUT2D eigenvalue weighted by Gasteiger charge is 2.09. The first-order valence-corrected chi connectivity index (χ1v) is 4.93. The van der Waals surface area contributed by atoms with Gasteiger partial charge in [0.25, 0.3) is 0 Å². The zero-order valence-electron chi connectivity index (χ0n) is 8.80. The number of pyridine rings is 2. The summed E-state index contributed by atoms with van der Waals surface area (Å²) >= 11 is 0. The lowest BCUT2D eigenvalue weighted by atomic mass is 10.1. The van der Waals surface area contributed by atoms with E-state index in [0.717, 1.165) is 0 Å². The first-order valence-electron chi connectivity index (χ1n) is 4.93. The van der Waals surface area contributed by atoms with Gasteiger partial charge in [-0.25, -0.2) is 4.39 Å². The van der Waals surface area contributed by atoms with Gasteiger partial charge in [0.2, 0.25) is 0 Å². The smallest absolute Gasteiger partial charge is 0.189 e. The molecule has 0 spiro atoms. The van der Waals surface area contributed by atoms with Crippen LogP contribution in [0.3, 0.4) is 0 Å². The molecule has 2 heterocycles. The summed E-state index contributed by atoms with van der Waals surface area (Å²) in [6, 6.07) is 5.75. The van der Waals surface area contributed by atoms with E-state index in [1.807, 2.05) is 0 Å². The van der Waals surface area contributed by atoms with Crippen LogP contribution in [0, 0.1) is 5.82 Å². The van der Waals surface area contributed by atoms with Gasteiger partial charge in [-0.2, -0.15) is 0 Å². The van der Waals surface area contributed by atoms with Gasteiger partial charge in [0.15, 0.2) is 11.6 Å². The number of hydrogen-bond donors (Lipinski definition) is 1. The van der Waals surface area contributed by atoms with Gasteiger partial charge in [-0.05, 0) is 24.3 Å². The summed E-state index contributed by atoms with van der Waals surface area (Å²) in [6.45, 7) is -0.570.